The zero-order valence-corrected chi connectivity index (χ0v) is 25.7. The Morgan fingerprint density at radius 1 is 0.738 bits per heavy atom. The first-order chi connectivity index (χ1) is 19.7. The van der Waals surface area contributed by atoms with E-state index in [1.165, 1.54) is 0 Å². The Bertz CT molecular complexity index is 1710. The number of carbonyl (C=O) groups excluding carboxylic acids is 2. The molecule has 0 bridgehead atoms. The second-order valence-corrected chi connectivity index (χ2v) is 13.4. The Morgan fingerprint density at radius 3 is 1.95 bits per heavy atom. The Labute approximate surface area is 248 Å². The van der Waals surface area contributed by atoms with Crippen LogP contribution in [0.2, 0.25) is 0 Å². The van der Waals surface area contributed by atoms with Gasteiger partial charge in [-0.25, -0.2) is 8.42 Å². The van der Waals surface area contributed by atoms with E-state index in [2.05, 4.69) is 31.4 Å². The summed E-state index contributed by atoms with van der Waals surface area (Å²) >= 11 is 0. The van der Waals surface area contributed by atoms with Crippen molar-refractivity contribution < 1.29 is 18.0 Å². The minimum Gasteiger partial charge on any atom is -0.324 e. The molecule has 0 radical (unpaired) electrons. The van der Waals surface area contributed by atoms with Gasteiger partial charge in [0.2, 0.25) is 5.91 Å². The van der Waals surface area contributed by atoms with Gasteiger partial charge in [-0.3, -0.25) is 13.9 Å². The van der Waals surface area contributed by atoms with E-state index in [1.54, 1.807) is 66.7 Å². The molecule has 0 aromatic heterocycles. The van der Waals surface area contributed by atoms with Gasteiger partial charge in [-0.15, -0.1) is 0 Å². The highest BCUT2D eigenvalue weighted by Crippen LogP contribution is 2.28. The van der Waals surface area contributed by atoms with Crippen LogP contribution < -0.4 is 14.9 Å². The van der Waals surface area contributed by atoms with Crippen molar-refractivity contribution in [1.82, 2.24) is 0 Å². The monoisotopic (exact) mass is 583 g/mol. The minimum atomic E-state index is -4.05. The fourth-order valence-electron chi connectivity index (χ4n) is 4.46. The van der Waals surface area contributed by atoms with Crippen LogP contribution in [0.25, 0.3) is 0 Å². The zero-order chi connectivity index (χ0) is 30.7. The molecule has 4 rings (SSSR count). The zero-order valence-electron chi connectivity index (χ0n) is 24.9. The quantitative estimate of drug-likeness (QED) is 0.234. The molecule has 0 heterocycles. The Kier molecular flexibility index (Phi) is 8.87. The molecule has 2 amide bonds. The van der Waals surface area contributed by atoms with Crippen LogP contribution in [0.15, 0.2) is 95.9 Å². The van der Waals surface area contributed by atoms with Gasteiger partial charge in [0.15, 0.2) is 0 Å². The highest BCUT2D eigenvalue weighted by atomic mass is 32.2. The number of benzene rings is 4. The summed E-state index contributed by atoms with van der Waals surface area (Å²) in [5, 5.41) is 5.65. The van der Waals surface area contributed by atoms with Crippen LogP contribution in [0.5, 0.6) is 0 Å². The van der Waals surface area contributed by atoms with Gasteiger partial charge in [0.1, 0.15) is 6.54 Å². The van der Waals surface area contributed by atoms with Crippen LogP contribution in [0.4, 0.5) is 17.1 Å². The van der Waals surface area contributed by atoms with Crippen molar-refractivity contribution in [3.63, 3.8) is 0 Å². The summed E-state index contributed by atoms with van der Waals surface area (Å²) in [5.74, 6) is -0.794. The van der Waals surface area contributed by atoms with E-state index in [0.717, 1.165) is 26.6 Å². The smallest absolute Gasteiger partial charge is 0.264 e. The van der Waals surface area contributed by atoms with Gasteiger partial charge in [0.05, 0.1) is 10.6 Å². The molecule has 8 heteroatoms. The van der Waals surface area contributed by atoms with E-state index in [0.29, 0.717) is 22.6 Å². The molecule has 4 aromatic carbocycles. The van der Waals surface area contributed by atoms with Crippen molar-refractivity contribution >= 4 is 38.9 Å². The highest BCUT2D eigenvalue weighted by molar-refractivity contribution is 7.92. The lowest BCUT2D eigenvalue weighted by molar-refractivity contribution is -0.114. The van der Waals surface area contributed by atoms with Crippen LogP contribution in [-0.4, -0.2) is 26.8 Å². The van der Waals surface area contributed by atoms with Gasteiger partial charge >= 0.3 is 0 Å². The van der Waals surface area contributed by atoms with Gasteiger partial charge < -0.3 is 10.6 Å². The van der Waals surface area contributed by atoms with E-state index in [-0.39, 0.29) is 16.2 Å². The number of sulfonamides is 1. The molecule has 0 saturated heterocycles. The molecular formula is C34H37N3O4S. The molecule has 2 N–H and O–H groups in total. The first kappa shape index (κ1) is 30.5. The Balaban J connectivity index is 1.54. The van der Waals surface area contributed by atoms with Gasteiger partial charge in [-0.2, -0.15) is 0 Å². The number of rotatable bonds is 8. The maximum Gasteiger partial charge on any atom is 0.264 e. The lowest BCUT2D eigenvalue weighted by atomic mass is 9.87. The average Bonchev–Trinajstić information content (AvgIpc) is 2.93. The molecule has 0 unspecified atom stereocenters. The number of nitrogens with zero attached hydrogens (tertiary/aromatic N) is 1. The van der Waals surface area contributed by atoms with Gasteiger partial charge in [-0.05, 0) is 91.4 Å². The molecule has 0 atom stereocenters. The summed E-state index contributed by atoms with van der Waals surface area (Å²) in [7, 11) is -4.05. The van der Waals surface area contributed by atoms with Gasteiger partial charge in [0.25, 0.3) is 15.9 Å². The molecule has 0 aliphatic carbocycles. The normalized spacial score (nSPS) is 11.6. The van der Waals surface area contributed by atoms with Crippen molar-refractivity contribution in [2.24, 2.45) is 0 Å². The molecule has 218 valence electrons. The average molecular weight is 584 g/mol. The molecule has 0 aliphatic heterocycles. The fourth-order valence-corrected chi connectivity index (χ4v) is 5.93. The van der Waals surface area contributed by atoms with Crippen molar-refractivity contribution in [2.75, 3.05) is 21.5 Å². The summed E-state index contributed by atoms with van der Waals surface area (Å²) < 4.78 is 28.7. The first-order valence-electron chi connectivity index (χ1n) is 13.7. The fraction of sp³-hybridized carbons (Fsp3) is 0.235. The summed E-state index contributed by atoms with van der Waals surface area (Å²) in [6.45, 7) is 11.5. The molecular weight excluding hydrogens is 546 g/mol. The van der Waals surface area contributed by atoms with E-state index >= 15 is 0 Å². The van der Waals surface area contributed by atoms with E-state index in [4.69, 9.17) is 0 Å². The summed E-state index contributed by atoms with van der Waals surface area (Å²) in [4.78, 5) is 26.3. The first-order valence-corrected chi connectivity index (χ1v) is 15.2. The number of carbonyl (C=O) groups is 2. The topological polar surface area (TPSA) is 95.6 Å². The van der Waals surface area contributed by atoms with E-state index in [1.807, 2.05) is 45.0 Å². The lowest BCUT2D eigenvalue weighted by Crippen LogP contribution is -2.38. The molecule has 42 heavy (non-hydrogen) atoms. The molecule has 0 saturated carbocycles. The number of amides is 2. The van der Waals surface area contributed by atoms with Crippen LogP contribution in [0.1, 0.15) is 53.4 Å². The van der Waals surface area contributed by atoms with E-state index < -0.39 is 22.5 Å². The third-order valence-corrected chi connectivity index (χ3v) is 8.72. The molecule has 4 aromatic rings. The van der Waals surface area contributed by atoms with Crippen LogP contribution in [0, 0.1) is 20.8 Å². The lowest BCUT2D eigenvalue weighted by Gasteiger charge is -2.26. The molecule has 0 fully saturated rings. The number of nitrogens with one attached hydrogen (secondary N) is 2. The van der Waals surface area contributed by atoms with Crippen molar-refractivity contribution in [1.29, 1.82) is 0 Å². The number of aryl methyl sites for hydroxylation is 3. The van der Waals surface area contributed by atoms with Crippen LogP contribution in [-0.2, 0) is 20.2 Å². The third-order valence-electron chi connectivity index (χ3n) is 6.95. The van der Waals surface area contributed by atoms with Crippen molar-refractivity contribution in [3.8, 4) is 0 Å². The number of anilines is 3. The molecule has 0 aliphatic rings. The SMILES string of the molecule is Cc1ccc(S(=O)(=O)N(CC(=O)Nc2cccc(NC(=O)c3ccc(C(C)(C)C)cc3)c2)c2cc(C)ccc2C)cc1. The minimum absolute atomic E-state index is 0.0192. The highest BCUT2D eigenvalue weighted by Gasteiger charge is 2.28. The van der Waals surface area contributed by atoms with Crippen LogP contribution >= 0.6 is 0 Å². The molecule has 0 spiro atoms. The standard InChI is InChI=1S/C34H37N3O4S/c1-23-11-18-30(19-12-23)42(40,41)37(31-20-24(2)10-13-25(31)3)22-32(38)35-28-8-7-9-29(21-28)36-33(39)26-14-16-27(17-15-26)34(4,5)6/h7-21H,22H2,1-6H3,(H,35,38)(H,36,39). The largest absolute Gasteiger partial charge is 0.324 e. The number of hydrogen-bond acceptors (Lipinski definition) is 4. The third kappa shape index (κ3) is 7.25. The second kappa shape index (κ2) is 12.2. The predicted octanol–water partition coefficient (Wildman–Crippen LogP) is 7.00. The maximum atomic E-state index is 13.8. The van der Waals surface area contributed by atoms with Gasteiger partial charge in [0, 0.05) is 16.9 Å². The molecule has 7 nitrogen and oxygen atoms in total. The summed E-state index contributed by atoms with van der Waals surface area (Å²) in [5.41, 5.74) is 5.51. The van der Waals surface area contributed by atoms with E-state index in [9.17, 15) is 18.0 Å². The Morgan fingerprint density at radius 2 is 1.33 bits per heavy atom. The second-order valence-electron chi connectivity index (χ2n) is 11.5. The van der Waals surface area contributed by atoms with Gasteiger partial charge in [-0.1, -0.05) is 68.8 Å². The van der Waals surface area contributed by atoms with Crippen molar-refractivity contribution in [2.45, 2.75) is 51.9 Å². The Hall–Kier alpha value is -4.43. The van der Waals surface area contributed by atoms with Crippen LogP contribution in [0.3, 0.4) is 0 Å². The number of hydrogen-bond donors (Lipinski definition) is 2. The summed E-state index contributed by atoms with van der Waals surface area (Å²) in [6, 6.07) is 26.3. The maximum absolute atomic E-state index is 13.8. The predicted molar refractivity (Wildman–Crippen MR) is 170 cm³/mol. The van der Waals surface area contributed by atoms with Crippen molar-refractivity contribution in [3.05, 3.63) is 119 Å². The summed E-state index contributed by atoms with van der Waals surface area (Å²) in [6.07, 6.45) is 0.